The van der Waals surface area contributed by atoms with Gasteiger partial charge in [0.1, 0.15) is 5.82 Å². The highest BCUT2D eigenvalue weighted by Gasteiger charge is 2.38. The summed E-state index contributed by atoms with van der Waals surface area (Å²) in [5, 5.41) is 0. The van der Waals surface area contributed by atoms with E-state index in [9.17, 15) is 4.39 Å². The average molecular weight is 302 g/mol. The van der Waals surface area contributed by atoms with Gasteiger partial charge in [0.25, 0.3) is 0 Å². The number of H-pyrrole nitrogens is 2. The third kappa shape index (κ3) is 2.60. The van der Waals surface area contributed by atoms with Crippen LogP contribution in [0.4, 0.5) is 4.39 Å². The second kappa shape index (κ2) is 5.60. The Morgan fingerprint density at radius 1 is 1.38 bits per heavy atom. The number of benzene rings is 1. The molecule has 0 saturated carbocycles. The van der Waals surface area contributed by atoms with Gasteiger partial charge in [0.05, 0.1) is 0 Å². The van der Waals surface area contributed by atoms with Crippen LogP contribution in [0.15, 0.2) is 42.6 Å². The molecular formula is C17H19FN2S. The Balaban J connectivity index is 2.16. The molecule has 1 aromatic heterocycles. The van der Waals surface area contributed by atoms with Crippen LogP contribution in [0.25, 0.3) is 0 Å². The molecule has 21 heavy (non-hydrogen) atoms. The van der Waals surface area contributed by atoms with Crippen molar-refractivity contribution in [2.45, 2.75) is 31.6 Å². The molecule has 110 valence electrons. The molecule has 1 aliphatic carbocycles. The van der Waals surface area contributed by atoms with Gasteiger partial charge in [-0.1, -0.05) is 24.3 Å². The number of hydrogen-bond donors (Lipinski definition) is 2. The molecule has 1 aromatic carbocycles. The summed E-state index contributed by atoms with van der Waals surface area (Å²) in [6.45, 7) is 2.16. The Morgan fingerprint density at radius 3 is 2.86 bits per heavy atom. The maximum Gasteiger partial charge on any atom is 0.174 e. The summed E-state index contributed by atoms with van der Waals surface area (Å²) in [6, 6.07) is 6.89. The van der Waals surface area contributed by atoms with Crippen LogP contribution in [0.5, 0.6) is 0 Å². The number of allylic oxidation sites excluding steroid dienone is 2. The normalized spacial score (nSPS) is 21.1. The van der Waals surface area contributed by atoms with Crippen molar-refractivity contribution in [3.63, 3.8) is 0 Å². The number of nitrogens with one attached hydrogen (secondary N) is 2. The molecule has 1 aliphatic rings. The van der Waals surface area contributed by atoms with Crippen molar-refractivity contribution in [3.05, 3.63) is 64.5 Å². The Labute approximate surface area is 129 Å². The molecule has 2 aromatic rings. The van der Waals surface area contributed by atoms with Gasteiger partial charge >= 0.3 is 0 Å². The van der Waals surface area contributed by atoms with Crippen molar-refractivity contribution in [2.24, 2.45) is 5.92 Å². The van der Waals surface area contributed by atoms with Gasteiger partial charge in [0, 0.05) is 17.3 Å². The maximum atomic E-state index is 13.7. The van der Waals surface area contributed by atoms with E-state index in [1.54, 1.807) is 12.1 Å². The summed E-state index contributed by atoms with van der Waals surface area (Å²) in [4.78, 5) is 6.27. The van der Waals surface area contributed by atoms with Gasteiger partial charge in [-0.05, 0) is 62.0 Å². The van der Waals surface area contributed by atoms with Crippen molar-refractivity contribution in [2.75, 3.05) is 0 Å². The van der Waals surface area contributed by atoms with Crippen LogP contribution >= 0.6 is 12.2 Å². The van der Waals surface area contributed by atoms with Gasteiger partial charge in [-0.15, -0.1) is 0 Å². The van der Waals surface area contributed by atoms with Crippen molar-refractivity contribution < 1.29 is 4.39 Å². The van der Waals surface area contributed by atoms with Crippen molar-refractivity contribution in [3.8, 4) is 0 Å². The van der Waals surface area contributed by atoms with Gasteiger partial charge in [-0.2, -0.15) is 0 Å². The zero-order valence-electron chi connectivity index (χ0n) is 12.0. The Hall–Kier alpha value is -1.68. The second-order valence-electron chi connectivity index (χ2n) is 5.83. The first-order valence-corrected chi connectivity index (χ1v) is 7.72. The van der Waals surface area contributed by atoms with Gasteiger partial charge in [-0.3, -0.25) is 0 Å². The molecule has 2 unspecified atom stereocenters. The molecule has 0 fully saturated rings. The molecule has 1 heterocycles. The zero-order valence-corrected chi connectivity index (χ0v) is 12.8. The molecule has 0 radical (unpaired) electrons. The summed E-state index contributed by atoms with van der Waals surface area (Å²) >= 11 is 5.18. The highest BCUT2D eigenvalue weighted by atomic mass is 32.1. The number of aromatic amines is 2. The van der Waals surface area contributed by atoms with Gasteiger partial charge in [0.15, 0.2) is 4.77 Å². The Morgan fingerprint density at radius 2 is 2.24 bits per heavy atom. The van der Waals surface area contributed by atoms with E-state index in [2.05, 4.69) is 29.0 Å². The molecule has 0 spiro atoms. The minimum absolute atomic E-state index is 0.201. The lowest BCUT2D eigenvalue weighted by atomic mass is 9.66. The summed E-state index contributed by atoms with van der Waals surface area (Å²) in [5.74, 6) is 0.127. The third-order valence-electron chi connectivity index (χ3n) is 4.58. The molecule has 0 amide bonds. The largest absolute Gasteiger partial charge is 0.337 e. The number of halogens is 1. The fourth-order valence-corrected chi connectivity index (χ4v) is 3.46. The lowest BCUT2D eigenvalue weighted by Gasteiger charge is -2.37. The fraction of sp³-hybridized carbons (Fsp3) is 0.353. The number of rotatable bonds is 3. The standard InChI is InChI=1S/C17H19FN2S/c1-17(12-6-3-2-4-7-12,15-11-19-16(21)20-15)13-8-5-9-14(18)10-13/h3,5-6,8-12H,2,4,7H2,1H3,(H2,19,20,21). The quantitative estimate of drug-likeness (QED) is 0.615. The summed E-state index contributed by atoms with van der Waals surface area (Å²) in [7, 11) is 0. The molecule has 3 rings (SSSR count). The molecule has 0 bridgehead atoms. The van der Waals surface area contributed by atoms with Crippen molar-refractivity contribution in [1.29, 1.82) is 0 Å². The monoisotopic (exact) mass is 302 g/mol. The Bertz CT molecular complexity index is 715. The fourth-order valence-electron chi connectivity index (χ4n) is 3.29. The minimum atomic E-state index is -0.313. The molecule has 2 nitrogen and oxygen atoms in total. The summed E-state index contributed by atoms with van der Waals surface area (Å²) < 4.78 is 14.3. The SMILES string of the molecule is CC(c1cccc(F)c1)(c1c[nH]c(=S)[nH]1)C1C=CCCC1. The highest BCUT2D eigenvalue weighted by Crippen LogP contribution is 2.42. The lowest BCUT2D eigenvalue weighted by Crippen LogP contribution is -2.34. The number of imidazole rings is 1. The van der Waals surface area contributed by atoms with E-state index in [0.717, 1.165) is 30.5 Å². The van der Waals surface area contributed by atoms with Crippen LogP contribution < -0.4 is 0 Å². The van der Waals surface area contributed by atoms with Crippen LogP contribution in [-0.4, -0.2) is 9.97 Å². The summed E-state index contributed by atoms with van der Waals surface area (Å²) in [5.41, 5.74) is 1.67. The van der Waals surface area contributed by atoms with Crippen molar-refractivity contribution >= 4 is 12.2 Å². The van der Waals surface area contributed by atoms with Gasteiger partial charge in [-0.25, -0.2) is 4.39 Å². The van der Waals surface area contributed by atoms with E-state index in [1.165, 1.54) is 6.07 Å². The first-order chi connectivity index (χ1) is 10.1. The van der Waals surface area contributed by atoms with Crippen LogP contribution in [0.3, 0.4) is 0 Å². The van der Waals surface area contributed by atoms with E-state index in [0.29, 0.717) is 10.7 Å². The maximum absolute atomic E-state index is 13.7. The highest BCUT2D eigenvalue weighted by molar-refractivity contribution is 7.71. The topological polar surface area (TPSA) is 31.6 Å². The number of hydrogen-bond acceptors (Lipinski definition) is 1. The first kappa shape index (κ1) is 14.3. The van der Waals surface area contributed by atoms with Gasteiger partial charge in [0.2, 0.25) is 0 Å². The second-order valence-corrected chi connectivity index (χ2v) is 6.24. The lowest BCUT2D eigenvalue weighted by molar-refractivity contribution is 0.364. The average Bonchev–Trinajstić information content (AvgIpc) is 2.94. The van der Waals surface area contributed by atoms with Crippen LogP contribution in [0.2, 0.25) is 0 Å². The molecule has 0 aliphatic heterocycles. The van der Waals surface area contributed by atoms with E-state index < -0.39 is 0 Å². The predicted octanol–water partition coefficient (Wildman–Crippen LogP) is 4.87. The van der Waals surface area contributed by atoms with Gasteiger partial charge < -0.3 is 9.97 Å². The zero-order chi connectivity index (χ0) is 14.9. The molecular weight excluding hydrogens is 283 g/mol. The minimum Gasteiger partial charge on any atom is -0.337 e. The van der Waals surface area contributed by atoms with E-state index in [4.69, 9.17) is 12.2 Å². The smallest absolute Gasteiger partial charge is 0.174 e. The number of aromatic nitrogens is 2. The van der Waals surface area contributed by atoms with E-state index in [-0.39, 0.29) is 11.2 Å². The predicted molar refractivity (Wildman–Crippen MR) is 85.3 cm³/mol. The van der Waals surface area contributed by atoms with Crippen LogP contribution in [-0.2, 0) is 5.41 Å². The first-order valence-electron chi connectivity index (χ1n) is 7.31. The van der Waals surface area contributed by atoms with Crippen LogP contribution in [0.1, 0.15) is 37.4 Å². The third-order valence-corrected chi connectivity index (χ3v) is 4.80. The summed E-state index contributed by atoms with van der Waals surface area (Å²) in [6.07, 6.45) is 9.78. The van der Waals surface area contributed by atoms with E-state index in [1.807, 2.05) is 12.3 Å². The molecule has 2 atom stereocenters. The molecule has 0 saturated heterocycles. The molecule has 4 heteroatoms. The Kier molecular flexibility index (Phi) is 3.81. The van der Waals surface area contributed by atoms with E-state index >= 15 is 0 Å². The molecule has 2 N–H and O–H groups in total. The van der Waals surface area contributed by atoms with Crippen LogP contribution in [0, 0.1) is 16.5 Å². The van der Waals surface area contributed by atoms with Crippen molar-refractivity contribution in [1.82, 2.24) is 9.97 Å².